The smallest absolute Gasteiger partial charge is 0.314 e. The van der Waals surface area contributed by atoms with Crippen molar-refractivity contribution in [2.45, 2.75) is 13.0 Å². The zero-order chi connectivity index (χ0) is 22.8. The number of nitrogens with one attached hydrogen (secondary N) is 1. The summed E-state index contributed by atoms with van der Waals surface area (Å²) in [6.07, 6.45) is 0.586. The summed E-state index contributed by atoms with van der Waals surface area (Å²) in [5.74, 6) is -0.648. The fourth-order valence-corrected chi connectivity index (χ4v) is 3.58. The molecule has 170 valence electrons. The summed E-state index contributed by atoms with van der Waals surface area (Å²) in [7, 11) is 0. The SMILES string of the molecule is Fc1cc(-c2nnc(C(F)F)o2)ccc1Cn1cc(-c2ccnc(N3CCNCC3)c2)nn1. The topological polar surface area (TPSA) is 97.8 Å². The molecule has 4 heterocycles. The van der Waals surface area contributed by atoms with Gasteiger partial charge in [-0.1, -0.05) is 11.3 Å². The summed E-state index contributed by atoms with van der Waals surface area (Å²) in [6, 6.07) is 8.04. The zero-order valence-corrected chi connectivity index (χ0v) is 17.3. The standard InChI is InChI=1S/C21H19F3N8O/c22-16-9-14(20-28-29-21(33-20)19(23)24)1-2-15(16)11-32-12-17(27-30-32)13-3-4-26-18(10-13)31-7-5-25-6-8-31/h1-4,9-10,12,19,25H,5-8,11H2. The van der Waals surface area contributed by atoms with Crippen molar-refractivity contribution in [3.8, 4) is 22.7 Å². The minimum atomic E-state index is -2.88. The van der Waals surface area contributed by atoms with Crippen molar-refractivity contribution in [2.24, 2.45) is 0 Å². The van der Waals surface area contributed by atoms with Gasteiger partial charge in [-0.3, -0.25) is 0 Å². The van der Waals surface area contributed by atoms with Crippen LogP contribution in [0.15, 0.2) is 47.1 Å². The molecular formula is C21H19F3N8O. The Hall–Kier alpha value is -3.80. The maximum absolute atomic E-state index is 14.7. The Bertz CT molecular complexity index is 1250. The van der Waals surface area contributed by atoms with Crippen molar-refractivity contribution in [3.63, 3.8) is 0 Å². The molecule has 0 unspecified atom stereocenters. The number of rotatable bonds is 6. The zero-order valence-electron chi connectivity index (χ0n) is 17.3. The van der Waals surface area contributed by atoms with Crippen LogP contribution in [-0.2, 0) is 6.54 Å². The maximum Gasteiger partial charge on any atom is 0.314 e. The number of nitrogens with zero attached hydrogens (tertiary/aromatic N) is 7. The van der Waals surface area contributed by atoms with Gasteiger partial charge in [0.05, 0.1) is 12.7 Å². The van der Waals surface area contributed by atoms with Gasteiger partial charge in [-0.15, -0.1) is 15.3 Å². The molecule has 1 aliphatic heterocycles. The van der Waals surface area contributed by atoms with Crippen molar-refractivity contribution < 1.29 is 17.6 Å². The van der Waals surface area contributed by atoms with Gasteiger partial charge in [0.2, 0.25) is 5.89 Å². The van der Waals surface area contributed by atoms with Crippen LogP contribution in [0.4, 0.5) is 19.0 Å². The predicted octanol–water partition coefficient (Wildman–Crippen LogP) is 2.92. The molecule has 0 spiro atoms. The Balaban J connectivity index is 1.32. The molecule has 12 heteroatoms. The van der Waals surface area contributed by atoms with Crippen LogP contribution < -0.4 is 10.2 Å². The highest BCUT2D eigenvalue weighted by Gasteiger charge is 2.18. The molecule has 0 aliphatic carbocycles. The third kappa shape index (κ3) is 4.55. The van der Waals surface area contributed by atoms with Crippen LogP contribution in [0.2, 0.25) is 0 Å². The quantitative estimate of drug-likeness (QED) is 0.473. The van der Waals surface area contributed by atoms with E-state index in [1.165, 1.54) is 22.9 Å². The van der Waals surface area contributed by atoms with Crippen LogP contribution in [-0.4, -0.2) is 56.4 Å². The van der Waals surface area contributed by atoms with Gasteiger partial charge in [0.25, 0.3) is 5.89 Å². The van der Waals surface area contributed by atoms with Crippen LogP contribution in [0.1, 0.15) is 17.9 Å². The van der Waals surface area contributed by atoms with Crippen molar-refractivity contribution >= 4 is 5.82 Å². The third-order valence-corrected chi connectivity index (χ3v) is 5.28. The van der Waals surface area contributed by atoms with E-state index >= 15 is 0 Å². The number of hydrogen-bond donors (Lipinski definition) is 1. The molecule has 1 aromatic carbocycles. The Morgan fingerprint density at radius 2 is 1.88 bits per heavy atom. The monoisotopic (exact) mass is 456 g/mol. The largest absolute Gasteiger partial charge is 0.415 e. The molecule has 1 aliphatic rings. The molecule has 1 N–H and O–H groups in total. The first-order valence-corrected chi connectivity index (χ1v) is 10.3. The van der Waals surface area contributed by atoms with E-state index in [4.69, 9.17) is 4.42 Å². The van der Waals surface area contributed by atoms with Crippen LogP contribution in [0, 0.1) is 5.82 Å². The van der Waals surface area contributed by atoms with E-state index in [1.54, 1.807) is 12.4 Å². The Labute approximate surface area is 186 Å². The number of alkyl halides is 2. The second-order valence-corrected chi connectivity index (χ2v) is 7.49. The number of pyridine rings is 1. The first kappa shape index (κ1) is 21.1. The molecule has 1 fully saturated rings. The molecule has 0 saturated carbocycles. The van der Waals surface area contributed by atoms with E-state index in [2.05, 4.69) is 35.7 Å². The number of aromatic nitrogens is 6. The first-order chi connectivity index (χ1) is 16.1. The summed E-state index contributed by atoms with van der Waals surface area (Å²) in [5.41, 5.74) is 2.08. The lowest BCUT2D eigenvalue weighted by molar-refractivity contribution is 0.116. The lowest BCUT2D eigenvalue weighted by Gasteiger charge is -2.28. The maximum atomic E-state index is 14.7. The molecule has 1 saturated heterocycles. The second-order valence-electron chi connectivity index (χ2n) is 7.49. The highest BCUT2D eigenvalue weighted by Crippen LogP contribution is 2.25. The molecule has 4 aromatic rings. The van der Waals surface area contributed by atoms with Crippen LogP contribution >= 0.6 is 0 Å². The molecule has 0 amide bonds. The summed E-state index contributed by atoms with van der Waals surface area (Å²) in [4.78, 5) is 6.66. The Morgan fingerprint density at radius 1 is 1.03 bits per heavy atom. The van der Waals surface area contributed by atoms with Crippen molar-refractivity contribution in [2.75, 3.05) is 31.1 Å². The minimum absolute atomic E-state index is 0.140. The summed E-state index contributed by atoms with van der Waals surface area (Å²) in [5, 5.41) is 18.4. The van der Waals surface area contributed by atoms with Gasteiger partial charge >= 0.3 is 6.43 Å². The van der Waals surface area contributed by atoms with Crippen LogP contribution in [0.3, 0.4) is 0 Å². The Kier molecular flexibility index (Phi) is 5.73. The second kappa shape index (κ2) is 8.98. The van der Waals surface area contributed by atoms with Crippen molar-refractivity contribution in [1.29, 1.82) is 0 Å². The summed E-state index contributed by atoms with van der Waals surface area (Å²) < 4.78 is 46.3. The molecule has 33 heavy (non-hydrogen) atoms. The van der Waals surface area contributed by atoms with Gasteiger partial charge in [0.1, 0.15) is 17.3 Å². The van der Waals surface area contributed by atoms with Gasteiger partial charge in [-0.05, 0) is 24.3 Å². The third-order valence-electron chi connectivity index (χ3n) is 5.28. The van der Waals surface area contributed by atoms with E-state index < -0.39 is 18.1 Å². The summed E-state index contributed by atoms with van der Waals surface area (Å²) >= 11 is 0. The minimum Gasteiger partial charge on any atom is -0.415 e. The number of hydrogen-bond acceptors (Lipinski definition) is 8. The van der Waals surface area contributed by atoms with Gasteiger partial charge in [0.15, 0.2) is 0 Å². The molecule has 0 bridgehead atoms. The van der Waals surface area contributed by atoms with E-state index in [1.807, 2.05) is 12.1 Å². The van der Waals surface area contributed by atoms with Gasteiger partial charge in [-0.2, -0.15) is 8.78 Å². The number of piperazine rings is 1. The molecule has 0 radical (unpaired) electrons. The highest BCUT2D eigenvalue weighted by atomic mass is 19.3. The Morgan fingerprint density at radius 3 is 2.64 bits per heavy atom. The van der Waals surface area contributed by atoms with E-state index in [-0.39, 0.29) is 18.0 Å². The van der Waals surface area contributed by atoms with E-state index in [9.17, 15) is 13.2 Å². The first-order valence-electron chi connectivity index (χ1n) is 10.3. The number of anilines is 1. The van der Waals surface area contributed by atoms with E-state index in [0.717, 1.165) is 37.6 Å². The van der Waals surface area contributed by atoms with Gasteiger partial charge in [-0.25, -0.2) is 14.1 Å². The van der Waals surface area contributed by atoms with Crippen LogP contribution in [0.25, 0.3) is 22.7 Å². The fourth-order valence-electron chi connectivity index (χ4n) is 3.58. The lowest BCUT2D eigenvalue weighted by atomic mass is 10.1. The number of benzene rings is 1. The molecule has 5 rings (SSSR count). The molecule has 9 nitrogen and oxygen atoms in total. The van der Waals surface area contributed by atoms with Gasteiger partial charge < -0.3 is 14.6 Å². The predicted molar refractivity (Wildman–Crippen MR) is 112 cm³/mol. The average molecular weight is 456 g/mol. The van der Waals surface area contributed by atoms with Crippen molar-refractivity contribution in [1.82, 2.24) is 35.5 Å². The molecule has 3 aromatic heterocycles. The fraction of sp³-hybridized carbons (Fsp3) is 0.286. The lowest BCUT2D eigenvalue weighted by Crippen LogP contribution is -2.43. The van der Waals surface area contributed by atoms with Crippen molar-refractivity contribution in [3.05, 3.63) is 60.0 Å². The number of halogens is 3. The molecule has 0 atom stereocenters. The van der Waals surface area contributed by atoms with Gasteiger partial charge in [0, 0.05) is 49.1 Å². The molecular weight excluding hydrogens is 437 g/mol. The normalized spacial score (nSPS) is 14.2. The highest BCUT2D eigenvalue weighted by molar-refractivity contribution is 5.62. The summed E-state index contributed by atoms with van der Waals surface area (Å²) in [6.45, 7) is 3.72. The average Bonchev–Trinajstić information content (AvgIpc) is 3.52. The van der Waals surface area contributed by atoms with Crippen LogP contribution in [0.5, 0.6) is 0 Å². The van der Waals surface area contributed by atoms with E-state index in [0.29, 0.717) is 11.3 Å².